The van der Waals surface area contributed by atoms with Gasteiger partial charge in [0.2, 0.25) is 5.91 Å². The van der Waals surface area contributed by atoms with E-state index in [1.54, 1.807) is 6.08 Å². The van der Waals surface area contributed by atoms with Crippen LogP contribution in [-0.2, 0) is 23.7 Å². The first-order valence-electron chi connectivity index (χ1n) is 41.3. The fraction of sp³-hybridized carbons (Fsp3) is 0.759. The van der Waals surface area contributed by atoms with Crippen molar-refractivity contribution in [3.05, 3.63) is 122 Å². The third kappa shape index (κ3) is 52.1. The number of aliphatic hydroxyl groups is 8. The number of hydrogen-bond donors (Lipinski definition) is 9. The summed E-state index contributed by atoms with van der Waals surface area (Å²) in [6.45, 7) is 2.70. The van der Waals surface area contributed by atoms with Crippen LogP contribution in [0.15, 0.2) is 122 Å². The molecule has 582 valence electrons. The predicted octanol–water partition coefficient (Wildman–Crippen LogP) is 19.2. The quantitative estimate of drug-likeness (QED) is 0.0204. The summed E-state index contributed by atoms with van der Waals surface area (Å²) in [7, 11) is 0. The van der Waals surface area contributed by atoms with Gasteiger partial charge >= 0.3 is 0 Å². The first kappa shape index (κ1) is 93.5. The second-order valence-corrected chi connectivity index (χ2v) is 28.5. The van der Waals surface area contributed by atoms with Gasteiger partial charge in [-0.15, -0.1) is 0 Å². The van der Waals surface area contributed by atoms with Crippen molar-refractivity contribution in [1.29, 1.82) is 0 Å². The van der Waals surface area contributed by atoms with E-state index in [9.17, 15) is 45.6 Å². The van der Waals surface area contributed by atoms with Crippen LogP contribution in [0.1, 0.15) is 328 Å². The summed E-state index contributed by atoms with van der Waals surface area (Å²) in [6.07, 6.45) is 85.6. The number of nitrogens with one attached hydrogen (secondary N) is 1. The van der Waals surface area contributed by atoms with Gasteiger partial charge in [0.1, 0.15) is 48.8 Å². The Labute approximate surface area is 616 Å². The Bertz CT molecular complexity index is 2170. The molecule has 0 radical (unpaired) electrons. The van der Waals surface area contributed by atoms with E-state index in [2.05, 4.69) is 129 Å². The fourth-order valence-corrected chi connectivity index (χ4v) is 12.9. The van der Waals surface area contributed by atoms with E-state index in [0.717, 1.165) is 89.9 Å². The van der Waals surface area contributed by atoms with Gasteiger partial charge in [0.25, 0.3) is 0 Å². The van der Waals surface area contributed by atoms with Crippen LogP contribution in [-0.4, -0.2) is 140 Å². The van der Waals surface area contributed by atoms with Gasteiger partial charge in [0.05, 0.1) is 32.0 Å². The molecule has 0 aromatic carbocycles. The SMILES string of the molecule is CC/C=C\C/C=C\C/C=C\C/C=C\C/C=C\C/C=C\C/C=C\C/C=C\CCCCCCCCCCCCCCC(=O)NC(COC1OC(CO)C(OC2OC(CO)C(O)C(O)C2O)C(O)C1O)C(O)/C=C/CC/C=C/CCCCCCCCCCCCCCCCCCCCCCCCCC. The first-order valence-corrected chi connectivity index (χ1v) is 41.3. The van der Waals surface area contributed by atoms with Crippen molar-refractivity contribution in [2.45, 2.75) is 402 Å². The maximum atomic E-state index is 13.4. The Kier molecular flexibility index (Phi) is 64.3. The Morgan fingerprint density at radius 3 is 1.09 bits per heavy atom. The molecule has 0 spiro atoms. The molecule has 2 aliphatic heterocycles. The van der Waals surface area contributed by atoms with Crippen LogP contribution in [0.2, 0.25) is 0 Å². The van der Waals surface area contributed by atoms with Gasteiger partial charge in [-0.3, -0.25) is 4.79 Å². The molecule has 0 aromatic heterocycles. The second kappa shape index (κ2) is 69.4. The highest BCUT2D eigenvalue weighted by atomic mass is 16.7. The maximum Gasteiger partial charge on any atom is 0.220 e. The van der Waals surface area contributed by atoms with Gasteiger partial charge in [-0.05, 0) is 96.3 Å². The zero-order valence-electron chi connectivity index (χ0n) is 63.9. The van der Waals surface area contributed by atoms with Crippen molar-refractivity contribution in [3.8, 4) is 0 Å². The van der Waals surface area contributed by atoms with Crippen LogP contribution < -0.4 is 5.32 Å². The minimum atomic E-state index is -1.80. The lowest BCUT2D eigenvalue weighted by molar-refractivity contribution is -0.359. The Balaban J connectivity index is 1.63. The lowest BCUT2D eigenvalue weighted by Crippen LogP contribution is -2.65. The van der Waals surface area contributed by atoms with Crippen molar-refractivity contribution in [2.75, 3.05) is 19.8 Å². The van der Waals surface area contributed by atoms with Crippen molar-refractivity contribution in [2.24, 2.45) is 0 Å². The molecule has 2 fully saturated rings. The average molecular weight is 1420 g/mol. The summed E-state index contributed by atoms with van der Waals surface area (Å²) < 4.78 is 22.9. The molecular formula is C87H151NO13. The zero-order valence-corrected chi connectivity index (χ0v) is 63.9. The third-order valence-corrected chi connectivity index (χ3v) is 19.4. The molecule has 1 amide bonds. The highest BCUT2D eigenvalue weighted by Crippen LogP contribution is 2.30. The number of rotatable bonds is 68. The highest BCUT2D eigenvalue weighted by molar-refractivity contribution is 5.76. The fourth-order valence-electron chi connectivity index (χ4n) is 12.9. The first-order chi connectivity index (χ1) is 49.6. The molecule has 0 aromatic rings. The van der Waals surface area contributed by atoms with Crippen LogP contribution in [0, 0.1) is 0 Å². The van der Waals surface area contributed by atoms with Crippen LogP contribution in [0.3, 0.4) is 0 Å². The number of unbranched alkanes of at least 4 members (excludes halogenated alkanes) is 37. The number of ether oxygens (including phenoxy) is 4. The third-order valence-electron chi connectivity index (χ3n) is 19.4. The number of carbonyl (C=O) groups is 1. The zero-order chi connectivity index (χ0) is 73.0. The minimum Gasteiger partial charge on any atom is -0.394 e. The van der Waals surface area contributed by atoms with E-state index in [1.165, 1.54) is 205 Å². The smallest absolute Gasteiger partial charge is 0.220 e. The molecule has 14 heteroatoms. The van der Waals surface area contributed by atoms with Crippen LogP contribution in [0.25, 0.3) is 0 Å². The lowest BCUT2D eigenvalue weighted by atomic mass is 9.97. The van der Waals surface area contributed by atoms with Crippen LogP contribution in [0.4, 0.5) is 0 Å². The maximum absolute atomic E-state index is 13.4. The number of aliphatic hydroxyl groups excluding tert-OH is 8. The van der Waals surface area contributed by atoms with Crippen molar-refractivity contribution >= 4 is 5.91 Å². The molecule has 0 bridgehead atoms. The minimum absolute atomic E-state index is 0.252. The summed E-state index contributed by atoms with van der Waals surface area (Å²) in [6, 6.07) is -0.943. The van der Waals surface area contributed by atoms with Crippen molar-refractivity contribution in [1.82, 2.24) is 5.32 Å². The normalized spacial score (nSPS) is 22.4. The number of amides is 1. The second-order valence-electron chi connectivity index (χ2n) is 28.5. The Hall–Kier alpha value is -3.61. The van der Waals surface area contributed by atoms with Crippen LogP contribution >= 0.6 is 0 Å². The molecule has 2 aliphatic rings. The molecular weight excluding hydrogens is 1270 g/mol. The number of hydrogen-bond acceptors (Lipinski definition) is 13. The molecule has 2 heterocycles. The topological polar surface area (TPSA) is 228 Å². The van der Waals surface area contributed by atoms with E-state index in [1.807, 2.05) is 6.08 Å². The molecule has 12 unspecified atom stereocenters. The number of allylic oxidation sites excluding steroid dienone is 19. The van der Waals surface area contributed by atoms with Crippen molar-refractivity contribution in [3.63, 3.8) is 0 Å². The van der Waals surface area contributed by atoms with E-state index < -0.39 is 86.8 Å². The Morgan fingerprint density at radius 2 is 0.693 bits per heavy atom. The van der Waals surface area contributed by atoms with Gasteiger partial charge < -0.3 is 65.1 Å². The average Bonchev–Trinajstić information content (AvgIpc) is 0.792. The van der Waals surface area contributed by atoms with E-state index in [0.29, 0.717) is 12.8 Å². The molecule has 14 nitrogen and oxygen atoms in total. The summed E-state index contributed by atoms with van der Waals surface area (Å²) in [5.74, 6) is -0.252. The van der Waals surface area contributed by atoms with E-state index >= 15 is 0 Å². The molecule has 0 aliphatic carbocycles. The largest absolute Gasteiger partial charge is 0.394 e. The van der Waals surface area contributed by atoms with Gasteiger partial charge in [-0.25, -0.2) is 0 Å². The van der Waals surface area contributed by atoms with Gasteiger partial charge in [-0.2, -0.15) is 0 Å². The molecule has 9 N–H and O–H groups in total. The predicted molar refractivity (Wildman–Crippen MR) is 419 cm³/mol. The summed E-state index contributed by atoms with van der Waals surface area (Å²) in [4.78, 5) is 13.4. The molecule has 2 rings (SSSR count). The highest BCUT2D eigenvalue weighted by Gasteiger charge is 2.51. The summed E-state index contributed by atoms with van der Waals surface area (Å²) >= 11 is 0. The summed E-state index contributed by atoms with van der Waals surface area (Å²) in [5, 5.41) is 87.7. The van der Waals surface area contributed by atoms with Gasteiger partial charge in [0, 0.05) is 6.42 Å². The molecule has 2 saturated heterocycles. The van der Waals surface area contributed by atoms with Gasteiger partial charge in [-0.1, -0.05) is 347 Å². The molecule has 12 atom stereocenters. The van der Waals surface area contributed by atoms with Crippen molar-refractivity contribution < 1.29 is 64.6 Å². The van der Waals surface area contributed by atoms with Crippen LogP contribution in [0.5, 0.6) is 0 Å². The molecule has 0 saturated carbocycles. The molecule has 101 heavy (non-hydrogen) atoms. The Morgan fingerprint density at radius 1 is 0.366 bits per heavy atom. The monoisotopic (exact) mass is 1420 g/mol. The van der Waals surface area contributed by atoms with E-state index in [4.69, 9.17) is 18.9 Å². The van der Waals surface area contributed by atoms with E-state index in [-0.39, 0.29) is 18.9 Å². The standard InChI is InChI=1S/C87H151NO13/c1-3-5-7-9-11-13-15-17-19-21-23-25-27-29-31-33-35-36-37-38-39-40-41-43-45-47-49-51-53-55-57-59-61-63-65-67-69-71-79(92)88-75(74-98-86-84(97)82(95)85(78(73-90)100-86)101-87-83(96)81(94)80(93)77(72-89)99-87)76(91)70-68-66-64-62-60-58-56-54-52-50-48-46-44-42-34-32-30-28-26-24-22-20-18-16-14-12-10-8-6-4-2/h5,7,11,13,17,19,23,25,29,31,35-36,38-39,41,43,60,62,68,70,75-78,80-87,89-91,93-97H,3-4,6,8-10,12,14-16,18,20-22,24,26-28,30,32-34,37,40,42,44-59,61,63-67,69,71-74H2,1-2H3,(H,88,92)/b7-5-,13-11-,19-17-,25-23-,31-29-,36-35-,39-38-,43-41-,62-60+,70-68+. The lowest BCUT2D eigenvalue weighted by Gasteiger charge is -2.46. The van der Waals surface area contributed by atoms with Gasteiger partial charge in [0.15, 0.2) is 12.6 Å². The summed E-state index contributed by atoms with van der Waals surface area (Å²) in [5.41, 5.74) is 0. The number of carbonyl (C=O) groups excluding carboxylic acids is 1.